The molecule has 252 valence electrons. The highest BCUT2D eigenvalue weighted by Crippen LogP contribution is 2.42. The smallest absolute Gasteiger partial charge is 0.264 e. The molecule has 1 aliphatic carbocycles. The highest BCUT2D eigenvalue weighted by molar-refractivity contribution is 7.90. The van der Waals surface area contributed by atoms with Crippen molar-refractivity contribution in [1.82, 2.24) is 9.62 Å². The zero-order valence-corrected chi connectivity index (χ0v) is 28.9. The van der Waals surface area contributed by atoms with Crippen molar-refractivity contribution >= 4 is 33.2 Å². The third-order valence-electron chi connectivity index (χ3n) is 11.3. The minimum absolute atomic E-state index is 0.105. The molecule has 2 N–H and O–H groups in total. The summed E-state index contributed by atoms with van der Waals surface area (Å²) in [5.41, 5.74) is 3.35. The molecule has 0 radical (unpaired) electrons. The first-order valence-electron chi connectivity index (χ1n) is 17.4. The fraction of sp³-hybridized carbons (Fsp3) is 0.639. The number of piperidine rings is 1. The summed E-state index contributed by atoms with van der Waals surface area (Å²) in [6, 6.07) is 11.3. The summed E-state index contributed by atoms with van der Waals surface area (Å²) in [6.07, 6.45) is 9.20. The summed E-state index contributed by atoms with van der Waals surface area (Å²) >= 11 is 6.35. The lowest BCUT2D eigenvalue weighted by Crippen LogP contribution is -2.49. The van der Waals surface area contributed by atoms with Crippen molar-refractivity contribution in [2.45, 2.75) is 102 Å². The Morgan fingerprint density at radius 3 is 2.48 bits per heavy atom. The molecule has 3 aliphatic heterocycles. The number of sulfonamides is 1. The zero-order chi connectivity index (χ0) is 32.4. The Morgan fingerprint density at radius 1 is 0.935 bits per heavy atom. The van der Waals surface area contributed by atoms with Crippen LogP contribution in [0.3, 0.4) is 0 Å². The minimum atomic E-state index is -3.95. The monoisotopic (exact) mass is 671 g/mol. The van der Waals surface area contributed by atoms with Crippen LogP contribution in [0.4, 0.5) is 5.69 Å². The topological polar surface area (TPSA) is 99.2 Å². The lowest BCUT2D eigenvalue weighted by Gasteiger charge is -2.45. The largest absolute Gasteiger partial charge is 0.487 e. The van der Waals surface area contributed by atoms with Gasteiger partial charge >= 0.3 is 0 Å². The number of anilines is 1. The lowest BCUT2D eigenvalue weighted by atomic mass is 9.68. The van der Waals surface area contributed by atoms with Gasteiger partial charge in [-0.1, -0.05) is 31.0 Å². The fourth-order valence-electron chi connectivity index (χ4n) is 8.03. The molecule has 6 atom stereocenters. The summed E-state index contributed by atoms with van der Waals surface area (Å²) in [5.74, 6) is 0.369. The molecule has 3 heterocycles. The van der Waals surface area contributed by atoms with Gasteiger partial charge in [0.15, 0.2) is 0 Å². The number of halogens is 1. The van der Waals surface area contributed by atoms with Gasteiger partial charge in [-0.2, -0.15) is 0 Å². The molecule has 1 saturated heterocycles. The van der Waals surface area contributed by atoms with E-state index in [0.29, 0.717) is 41.7 Å². The number of rotatable bonds is 1. The Morgan fingerprint density at radius 2 is 1.72 bits per heavy atom. The van der Waals surface area contributed by atoms with E-state index in [1.54, 1.807) is 25.1 Å². The molecule has 0 spiro atoms. The van der Waals surface area contributed by atoms with Gasteiger partial charge in [0, 0.05) is 29.7 Å². The predicted octanol–water partition coefficient (Wildman–Crippen LogP) is 6.18. The standard InChI is InChI=1S/C36H50ClN3O5S/c1-24-18-31(39-15-5-3-6-16-39)21-34(41)32-13-10-28(32)22-40-17-7-4-8-26-19-30(37)12-9-29(26)23-45-35-14-11-27(20-33(35)40)36(42)38-46(43,44)25(24)2/h9,11-12,14,19-20,24-25,28,31-32,34,41H,3-8,10,13,15-18,21-23H2,1-2H3,(H,38,42)/t24-,25+,28-,31+,32+,34+/m0/s1. The van der Waals surface area contributed by atoms with Crippen LogP contribution in [0.25, 0.3) is 0 Å². The second-order valence-corrected chi connectivity index (χ2v) is 16.7. The molecule has 2 bridgehead atoms. The summed E-state index contributed by atoms with van der Waals surface area (Å²) in [7, 11) is -3.95. The van der Waals surface area contributed by atoms with Crippen molar-refractivity contribution in [3.8, 4) is 5.75 Å². The van der Waals surface area contributed by atoms with Gasteiger partial charge in [-0.05, 0) is 137 Å². The number of amides is 1. The molecule has 1 saturated carbocycles. The van der Waals surface area contributed by atoms with Crippen LogP contribution >= 0.6 is 11.6 Å². The van der Waals surface area contributed by atoms with Crippen molar-refractivity contribution in [3.63, 3.8) is 0 Å². The number of aliphatic hydroxyl groups is 1. The van der Waals surface area contributed by atoms with E-state index in [0.717, 1.165) is 82.4 Å². The Kier molecular flexibility index (Phi) is 10.5. The van der Waals surface area contributed by atoms with Crippen LogP contribution in [0.2, 0.25) is 5.02 Å². The number of carbonyl (C=O) groups is 1. The number of aliphatic hydroxyl groups excluding tert-OH is 1. The summed E-state index contributed by atoms with van der Waals surface area (Å²) in [6.45, 7) is 7.52. The first-order valence-corrected chi connectivity index (χ1v) is 19.3. The molecule has 2 aromatic rings. The molecule has 2 fully saturated rings. The number of fused-ring (bicyclic) bond motifs is 3. The molecular weight excluding hydrogens is 622 g/mol. The molecule has 6 rings (SSSR count). The number of ether oxygens (including phenoxy) is 1. The van der Waals surface area contributed by atoms with Gasteiger partial charge in [0.1, 0.15) is 12.4 Å². The molecule has 8 nitrogen and oxygen atoms in total. The number of aryl methyl sites for hydroxylation is 1. The first kappa shape index (κ1) is 33.6. The number of hydrogen-bond acceptors (Lipinski definition) is 7. The van der Waals surface area contributed by atoms with Crippen molar-refractivity contribution in [3.05, 3.63) is 58.1 Å². The first-order chi connectivity index (χ1) is 22.1. The van der Waals surface area contributed by atoms with Gasteiger partial charge < -0.3 is 19.6 Å². The fourth-order valence-corrected chi connectivity index (χ4v) is 9.51. The van der Waals surface area contributed by atoms with Crippen molar-refractivity contribution in [2.75, 3.05) is 31.1 Å². The molecule has 4 aliphatic rings. The second-order valence-electron chi connectivity index (χ2n) is 14.2. The van der Waals surface area contributed by atoms with Gasteiger partial charge in [0.05, 0.1) is 17.0 Å². The number of likely N-dealkylation sites (tertiary alicyclic amines) is 1. The molecule has 0 unspecified atom stereocenters. The highest BCUT2D eigenvalue weighted by atomic mass is 35.5. The SMILES string of the molecule is C[C@@H]1[C@@H](C)C[C@@H](N2CCCCC2)C[C@@H](O)[C@@H]2CC[C@H]2CN2CCCCc3cc(Cl)ccc3COc3ccc(cc32)C(=O)NS1(=O)=O. The van der Waals surface area contributed by atoms with E-state index in [1.165, 1.54) is 12.0 Å². The third-order valence-corrected chi connectivity index (χ3v) is 13.4. The van der Waals surface area contributed by atoms with E-state index in [4.69, 9.17) is 16.3 Å². The number of nitrogens with one attached hydrogen (secondary N) is 1. The number of carbonyl (C=O) groups excluding carboxylic acids is 1. The van der Waals surface area contributed by atoms with Gasteiger partial charge in [-0.3, -0.25) is 4.79 Å². The molecule has 46 heavy (non-hydrogen) atoms. The molecular formula is C36H50ClN3O5S. The average Bonchev–Trinajstić information content (AvgIpc) is 3.05. The van der Waals surface area contributed by atoms with Crippen molar-refractivity contribution in [1.29, 1.82) is 0 Å². The van der Waals surface area contributed by atoms with E-state index >= 15 is 0 Å². The maximum Gasteiger partial charge on any atom is 0.264 e. The molecule has 2 aromatic carbocycles. The zero-order valence-electron chi connectivity index (χ0n) is 27.3. The van der Waals surface area contributed by atoms with Crippen LogP contribution in [-0.4, -0.2) is 67.9 Å². The third kappa shape index (κ3) is 7.53. The minimum Gasteiger partial charge on any atom is -0.487 e. The van der Waals surface area contributed by atoms with E-state index in [1.807, 2.05) is 25.1 Å². The molecule has 0 aromatic heterocycles. The second kappa shape index (κ2) is 14.4. The molecule has 1 amide bonds. The lowest BCUT2D eigenvalue weighted by molar-refractivity contribution is -0.0126. The Bertz CT molecular complexity index is 1500. The van der Waals surface area contributed by atoms with Crippen molar-refractivity contribution in [2.24, 2.45) is 17.8 Å². The number of benzene rings is 2. The van der Waals surface area contributed by atoms with Gasteiger partial charge in [-0.25, -0.2) is 13.1 Å². The van der Waals surface area contributed by atoms with E-state index < -0.39 is 27.3 Å². The van der Waals surface area contributed by atoms with E-state index in [9.17, 15) is 18.3 Å². The Hall–Kier alpha value is -2.33. The van der Waals surface area contributed by atoms with Crippen molar-refractivity contribution < 1.29 is 23.1 Å². The maximum atomic E-state index is 13.6. The van der Waals surface area contributed by atoms with Gasteiger partial charge in [0.25, 0.3) is 5.91 Å². The summed E-state index contributed by atoms with van der Waals surface area (Å²) < 4.78 is 36.0. The van der Waals surface area contributed by atoms with Crippen LogP contribution in [0.5, 0.6) is 5.75 Å². The number of nitrogens with zero attached hydrogens (tertiary/aromatic N) is 2. The Labute approximate surface area is 279 Å². The molecule has 10 heteroatoms. The number of hydrogen-bond donors (Lipinski definition) is 2. The van der Waals surface area contributed by atoms with Gasteiger partial charge in [0.2, 0.25) is 10.0 Å². The van der Waals surface area contributed by atoms with Crippen LogP contribution < -0.4 is 14.4 Å². The van der Waals surface area contributed by atoms with Crippen LogP contribution in [0.1, 0.15) is 93.1 Å². The van der Waals surface area contributed by atoms with Gasteiger partial charge in [-0.15, -0.1) is 0 Å². The van der Waals surface area contributed by atoms with Crippen LogP contribution in [0.15, 0.2) is 36.4 Å². The summed E-state index contributed by atoms with van der Waals surface area (Å²) in [4.78, 5) is 18.4. The van der Waals surface area contributed by atoms with Crippen LogP contribution in [0, 0.1) is 17.8 Å². The highest BCUT2D eigenvalue weighted by Gasteiger charge is 2.40. The Balaban J connectivity index is 1.35. The quantitative estimate of drug-likeness (QED) is 0.374. The average molecular weight is 672 g/mol. The van der Waals surface area contributed by atoms with E-state index in [-0.39, 0.29) is 17.9 Å². The predicted molar refractivity (Wildman–Crippen MR) is 183 cm³/mol. The normalized spacial score (nSPS) is 31.2. The summed E-state index contributed by atoms with van der Waals surface area (Å²) in [5, 5.41) is 11.7. The van der Waals surface area contributed by atoms with E-state index in [2.05, 4.69) is 14.5 Å². The van der Waals surface area contributed by atoms with Crippen LogP contribution in [-0.2, 0) is 23.1 Å². The maximum absolute atomic E-state index is 13.6.